The molecule has 1 unspecified atom stereocenters. The predicted molar refractivity (Wildman–Crippen MR) is 73.5 cm³/mol. The molecule has 1 amide bonds. The lowest BCUT2D eigenvalue weighted by Gasteiger charge is -2.12. The highest BCUT2D eigenvalue weighted by Crippen LogP contribution is 2.23. The van der Waals surface area contributed by atoms with Crippen molar-refractivity contribution in [2.24, 2.45) is 11.7 Å². The van der Waals surface area contributed by atoms with Gasteiger partial charge in [-0.15, -0.1) is 0 Å². The molecular weight excluding hydrogens is 288 g/mol. The summed E-state index contributed by atoms with van der Waals surface area (Å²) in [5.41, 5.74) is 7.25. The second-order valence-corrected chi connectivity index (χ2v) is 4.92. The Hall–Kier alpha value is -0.940. The van der Waals surface area contributed by atoms with E-state index >= 15 is 0 Å². The molecule has 1 atom stereocenters. The number of rotatable bonds is 3. The Morgan fingerprint density at radius 1 is 1.56 bits per heavy atom. The average molecular weight is 301 g/mol. The van der Waals surface area contributed by atoms with Crippen molar-refractivity contribution < 1.29 is 4.79 Å². The van der Waals surface area contributed by atoms with Crippen LogP contribution in [0.5, 0.6) is 0 Å². The summed E-state index contributed by atoms with van der Waals surface area (Å²) in [7, 11) is 0. The van der Waals surface area contributed by atoms with Gasteiger partial charge in [-0.05, 0) is 47.5 Å². The van der Waals surface area contributed by atoms with Gasteiger partial charge in [-0.25, -0.2) is 0 Å². The molecule has 0 spiro atoms. The van der Waals surface area contributed by atoms with Gasteiger partial charge in [0.15, 0.2) is 0 Å². The number of anilines is 1. The highest BCUT2D eigenvalue weighted by atomic mass is 79.9. The van der Waals surface area contributed by atoms with Gasteiger partial charge in [-0.3, -0.25) is 4.79 Å². The highest BCUT2D eigenvalue weighted by molar-refractivity contribution is 9.10. The molecule has 0 aliphatic carbocycles. The van der Waals surface area contributed by atoms with Crippen molar-refractivity contribution in [3.8, 4) is 0 Å². The van der Waals surface area contributed by atoms with Crippen LogP contribution < -0.4 is 11.1 Å². The smallest absolute Gasteiger partial charge is 0.234 e. The Labute approximate surface area is 109 Å². The summed E-state index contributed by atoms with van der Waals surface area (Å²) < 4.78 is 0.844. The minimum atomic E-state index is -0.469. The maximum Gasteiger partial charge on any atom is 0.234 e. The van der Waals surface area contributed by atoms with Crippen LogP contribution in [0.25, 0.3) is 0 Å². The molecule has 0 bridgehead atoms. The van der Waals surface area contributed by atoms with E-state index in [1.807, 2.05) is 25.1 Å². The first-order chi connectivity index (χ1) is 7.41. The van der Waals surface area contributed by atoms with Gasteiger partial charge in [0.1, 0.15) is 0 Å². The third-order valence-electron chi connectivity index (χ3n) is 2.20. The topological polar surface area (TPSA) is 55.1 Å². The number of halogens is 1. The van der Waals surface area contributed by atoms with Crippen molar-refractivity contribution in [3.05, 3.63) is 28.2 Å². The van der Waals surface area contributed by atoms with Crippen LogP contribution in [0.1, 0.15) is 12.5 Å². The fourth-order valence-electron chi connectivity index (χ4n) is 1.09. The van der Waals surface area contributed by atoms with Crippen LogP contribution in [0, 0.1) is 12.8 Å². The first kappa shape index (κ1) is 13.1. The summed E-state index contributed by atoms with van der Waals surface area (Å²) in [6.07, 6.45) is 0. The Morgan fingerprint density at radius 3 is 2.69 bits per heavy atom. The van der Waals surface area contributed by atoms with E-state index in [2.05, 4.69) is 21.2 Å². The molecule has 3 nitrogen and oxygen atoms in total. The fourth-order valence-corrected chi connectivity index (χ4v) is 1.79. The molecule has 0 aliphatic rings. The summed E-state index contributed by atoms with van der Waals surface area (Å²) >= 11 is 8.15. The van der Waals surface area contributed by atoms with Crippen LogP contribution in [0.15, 0.2) is 22.7 Å². The molecule has 3 N–H and O–H groups in total. The largest absolute Gasteiger partial charge is 0.393 e. The van der Waals surface area contributed by atoms with Crippen LogP contribution in [0.2, 0.25) is 0 Å². The van der Waals surface area contributed by atoms with Gasteiger partial charge in [-0.1, -0.05) is 18.3 Å². The van der Waals surface area contributed by atoms with E-state index in [4.69, 9.17) is 18.0 Å². The molecule has 1 aromatic rings. The lowest BCUT2D eigenvalue weighted by Crippen LogP contribution is -2.30. The van der Waals surface area contributed by atoms with Crippen LogP contribution in [0.4, 0.5) is 5.69 Å². The number of aryl methyl sites for hydroxylation is 1. The maximum absolute atomic E-state index is 11.7. The molecule has 0 heterocycles. The quantitative estimate of drug-likeness (QED) is 0.844. The van der Waals surface area contributed by atoms with Crippen molar-refractivity contribution in [2.75, 3.05) is 5.32 Å². The number of carbonyl (C=O) groups excluding carboxylic acids is 1. The molecule has 86 valence electrons. The monoisotopic (exact) mass is 300 g/mol. The summed E-state index contributed by atoms with van der Waals surface area (Å²) in [5.74, 6) is -0.666. The normalized spacial score (nSPS) is 11.9. The molecule has 16 heavy (non-hydrogen) atoms. The Balaban J connectivity index is 2.81. The standard InChI is InChI=1S/C11H13BrN2OS/c1-6-3-4-9(8(12)5-6)14-11(15)7(2)10(13)16/h3-5,7H,1-2H3,(H2,13,16)(H,14,15). The molecule has 0 aliphatic heterocycles. The number of carbonyl (C=O) groups is 1. The van der Waals surface area contributed by atoms with E-state index in [1.54, 1.807) is 6.92 Å². The van der Waals surface area contributed by atoms with Crippen molar-refractivity contribution in [1.82, 2.24) is 0 Å². The molecule has 0 aromatic heterocycles. The Morgan fingerprint density at radius 2 is 2.19 bits per heavy atom. The van der Waals surface area contributed by atoms with E-state index < -0.39 is 5.92 Å². The zero-order valence-corrected chi connectivity index (χ0v) is 11.5. The molecule has 0 saturated heterocycles. The molecule has 0 saturated carbocycles. The van der Waals surface area contributed by atoms with Crippen molar-refractivity contribution in [3.63, 3.8) is 0 Å². The fraction of sp³-hybridized carbons (Fsp3) is 0.273. The van der Waals surface area contributed by atoms with Crippen molar-refractivity contribution >= 4 is 44.7 Å². The molecule has 0 fully saturated rings. The van der Waals surface area contributed by atoms with Gasteiger partial charge in [-0.2, -0.15) is 0 Å². The first-order valence-electron chi connectivity index (χ1n) is 4.78. The first-order valence-corrected chi connectivity index (χ1v) is 5.98. The Bertz CT molecular complexity index is 434. The minimum absolute atomic E-state index is 0.195. The van der Waals surface area contributed by atoms with E-state index in [9.17, 15) is 4.79 Å². The van der Waals surface area contributed by atoms with E-state index in [0.717, 1.165) is 15.7 Å². The number of nitrogens with one attached hydrogen (secondary N) is 1. The van der Waals surface area contributed by atoms with Gasteiger partial charge in [0.25, 0.3) is 0 Å². The van der Waals surface area contributed by atoms with Gasteiger partial charge in [0.05, 0.1) is 16.6 Å². The van der Waals surface area contributed by atoms with Gasteiger partial charge in [0, 0.05) is 4.47 Å². The molecular formula is C11H13BrN2OS. The summed E-state index contributed by atoms with van der Waals surface area (Å²) in [4.78, 5) is 11.9. The average Bonchev–Trinajstić information content (AvgIpc) is 2.20. The maximum atomic E-state index is 11.7. The second-order valence-electron chi connectivity index (χ2n) is 3.60. The number of amides is 1. The van der Waals surface area contributed by atoms with E-state index in [0.29, 0.717) is 0 Å². The van der Waals surface area contributed by atoms with Crippen LogP contribution >= 0.6 is 28.1 Å². The van der Waals surface area contributed by atoms with Crippen LogP contribution in [-0.4, -0.2) is 10.9 Å². The second kappa shape index (κ2) is 5.41. The third kappa shape index (κ3) is 3.28. The van der Waals surface area contributed by atoms with E-state index in [-0.39, 0.29) is 10.9 Å². The number of thiocarbonyl (C=S) groups is 1. The lowest BCUT2D eigenvalue weighted by atomic mass is 10.1. The predicted octanol–water partition coefficient (Wildman–Crippen LogP) is 2.62. The van der Waals surface area contributed by atoms with Gasteiger partial charge < -0.3 is 11.1 Å². The van der Waals surface area contributed by atoms with Gasteiger partial charge >= 0.3 is 0 Å². The number of benzene rings is 1. The lowest BCUT2D eigenvalue weighted by molar-refractivity contribution is -0.117. The molecule has 5 heteroatoms. The number of nitrogens with two attached hydrogens (primary N) is 1. The van der Waals surface area contributed by atoms with Gasteiger partial charge in [0.2, 0.25) is 5.91 Å². The SMILES string of the molecule is Cc1ccc(NC(=O)C(C)C(N)=S)c(Br)c1. The van der Waals surface area contributed by atoms with Crippen LogP contribution in [0.3, 0.4) is 0 Å². The van der Waals surface area contributed by atoms with Crippen molar-refractivity contribution in [1.29, 1.82) is 0 Å². The summed E-state index contributed by atoms with van der Waals surface area (Å²) in [5, 5.41) is 2.77. The molecule has 1 rings (SSSR count). The summed E-state index contributed by atoms with van der Waals surface area (Å²) in [6.45, 7) is 3.66. The zero-order valence-electron chi connectivity index (χ0n) is 9.08. The number of hydrogen-bond acceptors (Lipinski definition) is 2. The zero-order chi connectivity index (χ0) is 12.3. The molecule has 1 aromatic carbocycles. The highest BCUT2D eigenvalue weighted by Gasteiger charge is 2.16. The van der Waals surface area contributed by atoms with Crippen molar-refractivity contribution in [2.45, 2.75) is 13.8 Å². The number of hydrogen-bond donors (Lipinski definition) is 2. The van der Waals surface area contributed by atoms with Crippen LogP contribution in [-0.2, 0) is 4.79 Å². The van der Waals surface area contributed by atoms with E-state index in [1.165, 1.54) is 0 Å². The summed E-state index contributed by atoms with van der Waals surface area (Å²) in [6, 6.07) is 5.69. The Kier molecular flexibility index (Phi) is 4.44. The molecule has 0 radical (unpaired) electrons. The minimum Gasteiger partial charge on any atom is -0.393 e. The third-order valence-corrected chi connectivity index (χ3v) is 3.21.